The Hall–Kier alpha value is -2.58. The molecule has 0 aromatic heterocycles. The van der Waals surface area contributed by atoms with E-state index in [9.17, 15) is 8.78 Å². The number of rotatable bonds is 5. The highest BCUT2D eigenvalue weighted by atomic mass is 19.1. The Kier molecular flexibility index (Phi) is 6.29. The van der Waals surface area contributed by atoms with E-state index in [2.05, 4.69) is 21.4 Å². The van der Waals surface area contributed by atoms with Crippen molar-refractivity contribution < 1.29 is 18.3 Å². The van der Waals surface area contributed by atoms with Gasteiger partial charge in [0.1, 0.15) is 11.9 Å². The predicted octanol–water partition coefficient (Wildman–Crippen LogP) is 4.07. The Labute approximate surface area is 193 Å². The molecule has 0 radical (unpaired) electrons. The van der Waals surface area contributed by atoms with Crippen LogP contribution in [-0.2, 0) is 11.2 Å². The van der Waals surface area contributed by atoms with Gasteiger partial charge in [-0.3, -0.25) is 9.89 Å². The van der Waals surface area contributed by atoms with Crippen LogP contribution in [0.25, 0.3) is 0 Å². The maximum Gasteiger partial charge on any atom is 0.191 e. The SMILES string of the molecule is C=C1N=C(CCc2cc(F)c(OC3C=CN=C(C)C3)c(F)c2)CC2N1CC[C@H]1COCCN21. The molecule has 1 aromatic rings. The molecule has 33 heavy (non-hydrogen) atoms. The summed E-state index contributed by atoms with van der Waals surface area (Å²) in [5, 5.41) is 0. The molecule has 1 aromatic carbocycles. The van der Waals surface area contributed by atoms with E-state index in [-0.39, 0.29) is 11.9 Å². The standard InChI is InChI=1S/C25H30F2N4O2/c1-16-11-21(5-7-28-16)33-25-22(26)12-18(13-23(25)27)3-4-19-14-24-30(17(2)29-19)8-6-20-15-32-10-9-31(20)24/h5,7,12-13,20-21,24H,2-4,6,8-11,14-15H2,1H3/t20-,21?,24?/m0/s1. The summed E-state index contributed by atoms with van der Waals surface area (Å²) in [6.45, 7) is 9.40. The lowest BCUT2D eigenvalue weighted by molar-refractivity contribution is -0.0929. The minimum atomic E-state index is -0.678. The molecule has 176 valence electrons. The summed E-state index contributed by atoms with van der Waals surface area (Å²) >= 11 is 0. The van der Waals surface area contributed by atoms with Crippen LogP contribution in [0.1, 0.15) is 38.2 Å². The summed E-state index contributed by atoms with van der Waals surface area (Å²) in [7, 11) is 0. The molecule has 4 aliphatic rings. The second kappa shape index (κ2) is 9.35. The van der Waals surface area contributed by atoms with Crippen molar-refractivity contribution in [3.63, 3.8) is 0 Å². The lowest BCUT2D eigenvalue weighted by Crippen LogP contribution is -2.62. The van der Waals surface area contributed by atoms with E-state index in [1.807, 2.05) is 6.92 Å². The fourth-order valence-corrected chi connectivity index (χ4v) is 5.18. The number of aliphatic imine (C=N–C) groups is 2. The van der Waals surface area contributed by atoms with Gasteiger partial charge in [-0.2, -0.15) is 0 Å². The van der Waals surface area contributed by atoms with Crippen molar-refractivity contribution in [3.8, 4) is 5.75 Å². The van der Waals surface area contributed by atoms with Crippen molar-refractivity contribution in [2.45, 2.75) is 57.3 Å². The van der Waals surface area contributed by atoms with E-state index in [1.54, 1.807) is 12.3 Å². The highest BCUT2D eigenvalue weighted by Crippen LogP contribution is 2.32. The van der Waals surface area contributed by atoms with Gasteiger partial charge in [-0.15, -0.1) is 0 Å². The molecule has 0 bridgehead atoms. The first-order chi connectivity index (χ1) is 16.0. The topological polar surface area (TPSA) is 49.7 Å². The van der Waals surface area contributed by atoms with Gasteiger partial charge in [-0.1, -0.05) is 6.58 Å². The van der Waals surface area contributed by atoms with Gasteiger partial charge >= 0.3 is 0 Å². The van der Waals surface area contributed by atoms with Gasteiger partial charge in [0.25, 0.3) is 0 Å². The number of benzene rings is 1. The fourth-order valence-electron chi connectivity index (χ4n) is 5.18. The summed E-state index contributed by atoms with van der Waals surface area (Å²) in [5.74, 6) is -0.902. The summed E-state index contributed by atoms with van der Waals surface area (Å²) in [6.07, 6.45) is 6.68. The summed E-state index contributed by atoms with van der Waals surface area (Å²) in [5.41, 5.74) is 2.49. The molecule has 6 nitrogen and oxygen atoms in total. The highest BCUT2D eigenvalue weighted by molar-refractivity contribution is 5.87. The van der Waals surface area contributed by atoms with Gasteiger partial charge < -0.3 is 14.4 Å². The van der Waals surface area contributed by atoms with Crippen LogP contribution in [-0.4, -0.2) is 65.8 Å². The van der Waals surface area contributed by atoms with E-state index in [0.29, 0.717) is 30.9 Å². The third-order valence-corrected chi connectivity index (χ3v) is 6.88. The summed E-state index contributed by atoms with van der Waals surface area (Å²) in [6, 6.07) is 3.18. The molecule has 0 aliphatic carbocycles. The van der Waals surface area contributed by atoms with Crippen molar-refractivity contribution in [1.29, 1.82) is 0 Å². The molecule has 8 heteroatoms. The van der Waals surface area contributed by atoms with Gasteiger partial charge in [0, 0.05) is 49.6 Å². The van der Waals surface area contributed by atoms with Crippen LogP contribution in [0.2, 0.25) is 0 Å². The molecular weight excluding hydrogens is 426 g/mol. The zero-order valence-corrected chi connectivity index (χ0v) is 19.0. The largest absolute Gasteiger partial charge is 0.480 e. The van der Waals surface area contributed by atoms with Crippen molar-refractivity contribution in [3.05, 3.63) is 54.0 Å². The second-order valence-electron chi connectivity index (χ2n) is 9.18. The van der Waals surface area contributed by atoms with E-state index in [1.165, 1.54) is 12.1 Å². The number of ether oxygens (including phenoxy) is 2. The molecule has 3 atom stereocenters. The molecule has 4 aliphatic heterocycles. The molecule has 0 N–H and O–H groups in total. The lowest BCUT2D eigenvalue weighted by atomic mass is 9.97. The van der Waals surface area contributed by atoms with Crippen LogP contribution in [0.3, 0.4) is 0 Å². The maximum atomic E-state index is 14.7. The van der Waals surface area contributed by atoms with Crippen molar-refractivity contribution >= 4 is 11.4 Å². The lowest BCUT2D eigenvalue weighted by Gasteiger charge is -2.52. The number of hydrogen-bond donors (Lipinski definition) is 0. The number of aryl methyl sites for hydroxylation is 1. The van der Waals surface area contributed by atoms with E-state index in [4.69, 9.17) is 14.5 Å². The normalized spacial score (nSPS) is 27.5. The monoisotopic (exact) mass is 456 g/mol. The zero-order chi connectivity index (χ0) is 22.9. The van der Waals surface area contributed by atoms with Crippen molar-refractivity contribution in [2.75, 3.05) is 26.3 Å². The molecule has 2 fully saturated rings. The summed E-state index contributed by atoms with van der Waals surface area (Å²) < 4.78 is 40.7. The minimum absolute atomic E-state index is 0.243. The number of halogens is 2. The van der Waals surface area contributed by atoms with Gasteiger partial charge in [-0.25, -0.2) is 13.8 Å². The Morgan fingerprint density at radius 1 is 1.18 bits per heavy atom. The molecule has 0 saturated carbocycles. The zero-order valence-electron chi connectivity index (χ0n) is 19.0. The van der Waals surface area contributed by atoms with Crippen LogP contribution < -0.4 is 4.74 Å². The molecular formula is C25H30F2N4O2. The number of nitrogens with zero attached hydrogens (tertiary/aromatic N) is 4. The fraction of sp³-hybridized carbons (Fsp3) is 0.520. The van der Waals surface area contributed by atoms with Crippen LogP contribution in [0.15, 0.2) is 46.8 Å². The van der Waals surface area contributed by atoms with Crippen LogP contribution in [0.5, 0.6) is 5.75 Å². The van der Waals surface area contributed by atoms with Gasteiger partial charge in [-0.05, 0) is 50.0 Å². The number of morpholine rings is 1. The molecule has 4 heterocycles. The molecule has 2 unspecified atom stereocenters. The molecule has 0 amide bonds. The van der Waals surface area contributed by atoms with E-state index < -0.39 is 17.7 Å². The van der Waals surface area contributed by atoms with Crippen LogP contribution >= 0.6 is 0 Å². The predicted molar refractivity (Wildman–Crippen MR) is 124 cm³/mol. The molecule has 2 saturated heterocycles. The third kappa shape index (κ3) is 4.73. The smallest absolute Gasteiger partial charge is 0.191 e. The first kappa shape index (κ1) is 22.2. The van der Waals surface area contributed by atoms with Crippen LogP contribution in [0.4, 0.5) is 8.78 Å². The first-order valence-electron chi connectivity index (χ1n) is 11.7. The Morgan fingerprint density at radius 3 is 2.79 bits per heavy atom. The van der Waals surface area contributed by atoms with Crippen LogP contribution in [0, 0.1) is 11.6 Å². The van der Waals surface area contributed by atoms with Gasteiger partial charge in [0.05, 0.1) is 19.4 Å². The Morgan fingerprint density at radius 2 is 2.00 bits per heavy atom. The summed E-state index contributed by atoms with van der Waals surface area (Å²) in [4.78, 5) is 13.7. The average molecular weight is 457 g/mol. The Balaban J connectivity index is 1.24. The molecule has 5 rings (SSSR count). The number of hydrogen-bond acceptors (Lipinski definition) is 6. The van der Waals surface area contributed by atoms with E-state index in [0.717, 1.165) is 56.4 Å². The quantitative estimate of drug-likeness (QED) is 0.670. The van der Waals surface area contributed by atoms with E-state index >= 15 is 0 Å². The highest BCUT2D eigenvalue weighted by Gasteiger charge is 2.40. The van der Waals surface area contributed by atoms with Gasteiger partial charge in [0.2, 0.25) is 0 Å². The average Bonchev–Trinajstić information content (AvgIpc) is 2.80. The first-order valence-corrected chi connectivity index (χ1v) is 11.7. The Bertz CT molecular complexity index is 999. The van der Waals surface area contributed by atoms with Crippen molar-refractivity contribution in [2.24, 2.45) is 9.98 Å². The number of fused-ring (bicyclic) bond motifs is 3. The van der Waals surface area contributed by atoms with Gasteiger partial charge in [0.15, 0.2) is 17.4 Å². The molecule has 0 spiro atoms. The van der Waals surface area contributed by atoms with Crippen molar-refractivity contribution in [1.82, 2.24) is 9.80 Å². The maximum absolute atomic E-state index is 14.7. The second-order valence-corrected chi connectivity index (χ2v) is 9.18. The minimum Gasteiger partial charge on any atom is -0.480 e. The third-order valence-electron chi connectivity index (χ3n) is 6.88.